The van der Waals surface area contributed by atoms with Gasteiger partial charge in [-0.15, -0.1) is 0 Å². The zero-order valence-electron chi connectivity index (χ0n) is 9.19. The summed E-state index contributed by atoms with van der Waals surface area (Å²) in [5, 5.41) is 13.2. The van der Waals surface area contributed by atoms with Gasteiger partial charge in [-0.05, 0) is 13.3 Å². The number of nitrogens with one attached hydrogen (secondary N) is 1. The Bertz CT molecular complexity index is 418. The van der Waals surface area contributed by atoms with Crippen LogP contribution in [-0.4, -0.2) is 22.4 Å². The van der Waals surface area contributed by atoms with E-state index in [1.54, 1.807) is 6.92 Å². The normalized spacial score (nSPS) is 9.88. The summed E-state index contributed by atoms with van der Waals surface area (Å²) in [6, 6.07) is 1.24. The molecule has 0 atom stereocenters. The van der Waals surface area contributed by atoms with Crippen molar-refractivity contribution in [3.8, 4) is 0 Å². The van der Waals surface area contributed by atoms with E-state index in [1.807, 2.05) is 6.92 Å². The van der Waals surface area contributed by atoms with Crippen molar-refractivity contribution in [2.75, 3.05) is 6.54 Å². The Morgan fingerprint density at radius 3 is 2.88 bits per heavy atom. The van der Waals surface area contributed by atoms with Crippen molar-refractivity contribution in [2.45, 2.75) is 20.3 Å². The highest BCUT2D eigenvalue weighted by atomic mass is 16.6. The van der Waals surface area contributed by atoms with Crippen LogP contribution < -0.4 is 5.32 Å². The van der Waals surface area contributed by atoms with Gasteiger partial charge in [0.1, 0.15) is 6.20 Å². The van der Waals surface area contributed by atoms with Crippen LogP contribution in [0.3, 0.4) is 0 Å². The van der Waals surface area contributed by atoms with Gasteiger partial charge in [0.05, 0.1) is 16.2 Å². The highest BCUT2D eigenvalue weighted by molar-refractivity contribution is 5.95. The van der Waals surface area contributed by atoms with Crippen molar-refractivity contribution in [3.05, 3.63) is 33.6 Å². The number of amides is 1. The smallest absolute Gasteiger partial charge is 0.288 e. The molecule has 0 aliphatic carbocycles. The van der Waals surface area contributed by atoms with E-state index in [9.17, 15) is 14.9 Å². The summed E-state index contributed by atoms with van der Waals surface area (Å²) in [5.74, 6) is -0.324. The molecule has 0 aliphatic rings. The van der Waals surface area contributed by atoms with Crippen LogP contribution in [0.25, 0.3) is 0 Å². The number of hydrogen-bond acceptors (Lipinski definition) is 4. The zero-order chi connectivity index (χ0) is 12.1. The summed E-state index contributed by atoms with van der Waals surface area (Å²) < 4.78 is 0. The first-order valence-electron chi connectivity index (χ1n) is 4.95. The van der Waals surface area contributed by atoms with Crippen molar-refractivity contribution < 1.29 is 9.72 Å². The van der Waals surface area contributed by atoms with Crippen molar-refractivity contribution in [2.24, 2.45) is 0 Å². The standard InChI is InChI=1S/C10H13N3O3/c1-3-4-11-10(14)9-5-8(13(15)16)6-12-7(9)2/h5-6H,3-4H2,1-2H3,(H,11,14). The molecule has 0 bridgehead atoms. The van der Waals surface area contributed by atoms with Gasteiger partial charge in [-0.25, -0.2) is 0 Å². The van der Waals surface area contributed by atoms with Crippen LogP contribution in [0.2, 0.25) is 0 Å². The van der Waals surface area contributed by atoms with Crippen LogP contribution >= 0.6 is 0 Å². The van der Waals surface area contributed by atoms with Crippen LogP contribution in [0.15, 0.2) is 12.3 Å². The highest BCUT2D eigenvalue weighted by Gasteiger charge is 2.15. The second-order valence-corrected chi connectivity index (χ2v) is 3.34. The van der Waals surface area contributed by atoms with Gasteiger partial charge in [-0.1, -0.05) is 6.92 Å². The Kier molecular flexibility index (Phi) is 3.93. The van der Waals surface area contributed by atoms with Gasteiger partial charge in [0.25, 0.3) is 11.6 Å². The van der Waals surface area contributed by atoms with E-state index < -0.39 is 4.92 Å². The molecule has 1 N–H and O–H groups in total. The predicted octanol–water partition coefficient (Wildman–Crippen LogP) is 1.44. The molecule has 6 heteroatoms. The summed E-state index contributed by atoms with van der Waals surface area (Å²) in [5.41, 5.74) is 0.564. The van der Waals surface area contributed by atoms with Gasteiger partial charge in [-0.2, -0.15) is 0 Å². The van der Waals surface area contributed by atoms with Gasteiger partial charge >= 0.3 is 0 Å². The molecule has 86 valence electrons. The van der Waals surface area contributed by atoms with Crippen molar-refractivity contribution in [3.63, 3.8) is 0 Å². The lowest BCUT2D eigenvalue weighted by Gasteiger charge is -2.05. The van der Waals surface area contributed by atoms with Gasteiger partial charge < -0.3 is 5.32 Å². The second kappa shape index (κ2) is 5.20. The molecule has 0 radical (unpaired) electrons. The molecule has 0 aromatic carbocycles. The van der Waals surface area contributed by atoms with E-state index in [0.717, 1.165) is 12.6 Å². The predicted molar refractivity (Wildman–Crippen MR) is 58.3 cm³/mol. The molecular formula is C10H13N3O3. The molecular weight excluding hydrogens is 210 g/mol. The number of rotatable bonds is 4. The highest BCUT2D eigenvalue weighted by Crippen LogP contribution is 2.14. The minimum absolute atomic E-state index is 0.174. The molecule has 1 heterocycles. The SMILES string of the molecule is CCCNC(=O)c1cc([N+](=O)[O-])cnc1C. The van der Waals surface area contributed by atoms with E-state index >= 15 is 0 Å². The Morgan fingerprint density at radius 2 is 2.31 bits per heavy atom. The average Bonchev–Trinajstić information content (AvgIpc) is 2.26. The fourth-order valence-electron chi connectivity index (χ4n) is 1.19. The Hall–Kier alpha value is -1.98. The molecule has 0 aliphatic heterocycles. The molecule has 0 fully saturated rings. The van der Waals surface area contributed by atoms with Crippen LogP contribution in [0, 0.1) is 17.0 Å². The van der Waals surface area contributed by atoms with Gasteiger partial charge in [0.2, 0.25) is 0 Å². The van der Waals surface area contributed by atoms with E-state index in [1.165, 1.54) is 6.07 Å². The van der Waals surface area contributed by atoms with Crippen LogP contribution in [0.5, 0.6) is 0 Å². The number of aromatic nitrogens is 1. The molecule has 0 saturated heterocycles. The molecule has 0 spiro atoms. The van der Waals surface area contributed by atoms with Crippen LogP contribution in [0.4, 0.5) is 5.69 Å². The first-order chi connectivity index (χ1) is 7.56. The Labute approximate surface area is 92.8 Å². The summed E-state index contributed by atoms with van der Waals surface area (Å²) >= 11 is 0. The summed E-state index contributed by atoms with van der Waals surface area (Å²) in [4.78, 5) is 25.4. The van der Waals surface area contributed by atoms with Gasteiger partial charge in [0.15, 0.2) is 0 Å². The number of carbonyl (C=O) groups is 1. The largest absolute Gasteiger partial charge is 0.352 e. The lowest BCUT2D eigenvalue weighted by atomic mass is 10.2. The fraction of sp³-hybridized carbons (Fsp3) is 0.400. The zero-order valence-corrected chi connectivity index (χ0v) is 9.19. The third kappa shape index (κ3) is 2.75. The van der Waals surface area contributed by atoms with Gasteiger partial charge in [-0.3, -0.25) is 19.9 Å². The minimum Gasteiger partial charge on any atom is -0.352 e. The van der Waals surface area contributed by atoms with Crippen LogP contribution in [0.1, 0.15) is 29.4 Å². The summed E-state index contributed by atoms with van der Waals surface area (Å²) in [7, 11) is 0. The molecule has 0 unspecified atom stereocenters. The molecule has 1 amide bonds. The summed E-state index contributed by atoms with van der Waals surface area (Å²) in [6.45, 7) is 4.12. The van der Waals surface area contributed by atoms with E-state index in [2.05, 4.69) is 10.3 Å². The Balaban J connectivity index is 2.97. The quantitative estimate of drug-likeness (QED) is 0.618. The van der Waals surface area contributed by atoms with E-state index in [0.29, 0.717) is 12.2 Å². The molecule has 0 saturated carbocycles. The van der Waals surface area contributed by atoms with Crippen molar-refractivity contribution >= 4 is 11.6 Å². The lowest BCUT2D eigenvalue weighted by Crippen LogP contribution is -2.25. The first kappa shape index (κ1) is 12.1. The average molecular weight is 223 g/mol. The maximum atomic E-state index is 11.6. The number of nitrogens with zero attached hydrogens (tertiary/aromatic N) is 2. The minimum atomic E-state index is -0.566. The van der Waals surface area contributed by atoms with Crippen molar-refractivity contribution in [1.29, 1.82) is 0 Å². The monoisotopic (exact) mass is 223 g/mol. The third-order valence-corrected chi connectivity index (χ3v) is 2.06. The molecule has 16 heavy (non-hydrogen) atoms. The number of carbonyl (C=O) groups excluding carboxylic acids is 1. The maximum absolute atomic E-state index is 11.6. The second-order valence-electron chi connectivity index (χ2n) is 3.34. The van der Waals surface area contributed by atoms with Crippen LogP contribution in [-0.2, 0) is 0 Å². The number of aryl methyl sites for hydroxylation is 1. The third-order valence-electron chi connectivity index (χ3n) is 2.06. The number of nitro groups is 1. The molecule has 1 rings (SSSR count). The van der Waals surface area contributed by atoms with Crippen molar-refractivity contribution in [1.82, 2.24) is 10.3 Å². The maximum Gasteiger partial charge on any atom is 0.288 e. The summed E-state index contributed by atoms with van der Waals surface area (Å²) in [6.07, 6.45) is 1.96. The Morgan fingerprint density at radius 1 is 1.62 bits per heavy atom. The topological polar surface area (TPSA) is 85.1 Å². The molecule has 6 nitrogen and oxygen atoms in total. The number of hydrogen-bond donors (Lipinski definition) is 1. The first-order valence-corrected chi connectivity index (χ1v) is 4.95. The van der Waals surface area contributed by atoms with E-state index in [-0.39, 0.29) is 17.2 Å². The molecule has 1 aromatic rings. The lowest BCUT2D eigenvalue weighted by molar-refractivity contribution is -0.385. The van der Waals surface area contributed by atoms with Gasteiger partial charge in [0, 0.05) is 12.6 Å². The van der Waals surface area contributed by atoms with E-state index in [4.69, 9.17) is 0 Å². The number of pyridine rings is 1. The fourth-order valence-corrected chi connectivity index (χ4v) is 1.19. The molecule has 1 aromatic heterocycles.